The number of carbonyl (C=O) groups is 2. The molecule has 6 heteroatoms. The summed E-state index contributed by atoms with van der Waals surface area (Å²) in [7, 11) is 0. The molecule has 5 aliphatic rings. The van der Waals surface area contributed by atoms with Gasteiger partial charge in [0, 0.05) is 47.5 Å². The van der Waals surface area contributed by atoms with Gasteiger partial charge in [0.25, 0.3) is 0 Å². The largest absolute Gasteiger partial charge is 0.483 e. The van der Waals surface area contributed by atoms with Crippen molar-refractivity contribution >= 4 is 11.7 Å². The van der Waals surface area contributed by atoms with Gasteiger partial charge in [0.1, 0.15) is 5.75 Å². The number of carbonyl (C=O) groups excluding carboxylic acids is 2. The molecule has 0 radical (unpaired) electrons. The first-order chi connectivity index (χ1) is 16.6. The smallest absolute Gasteiger partial charge is 0.223 e. The molecule has 35 heavy (non-hydrogen) atoms. The first-order valence-electron chi connectivity index (χ1n) is 13.5. The van der Waals surface area contributed by atoms with Crippen molar-refractivity contribution in [1.29, 1.82) is 0 Å². The molecule has 10 atom stereocenters. The second kappa shape index (κ2) is 7.79. The van der Waals surface area contributed by atoms with Crippen LogP contribution in [0.2, 0.25) is 0 Å². The minimum atomic E-state index is -0.595. The standard InChI is InChI=1S/C29H39NO5/c1-16-10-11-23-27(2,3)25(32)22(34-17-8-6-5-7-9-17)14-29(23)28(16,4)13-19-21(31)12-18-20(24(19)35-29)15-30-26(18)33/h5-9,16,18-24,31H,10-15H2,1-4H3,(H,30,33). The highest BCUT2D eigenvalue weighted by atomic mass is 16.5. The van der Waals surface area contributed by atoms with E-state index in [9.17, 15) is 14.7 Å². The van der Waals surface area contributed by atoms with E-state index in [0.29, 0.717) is 31.1 Å². The van der Waals surface area contributed by atoms with Crippen LogP contribution in [0.4, 0.5) is 0 Å². The van der Waals surface area contributed by atoms with Crippen molar-refractivity contribution in [2.24, 2.45) is 40.4 Å². The number of aliphatic hydroxyl groups is 1. The molecule has 1 aromatic carbocycles. The van der Waals surface area contributed by atoms with E-state index in [0.717, 1.165) is 19.3 Å². The van der Waals surface area contributed by atoms with Gasteiger partial charge >= 0.3 is 0 Å². The van der Waals surface area contributed by atoms with E-state index in [1.54, 1.807) is 0 Å². The monoisotopic (exact) mass is 481 g/mol. The molecule has 1 spiro atoms. The number of ether oxygens (including phenoxy) is 2. The lowest BCUT2D eigenvalue weighted by Gasteiger charge is -2.70. The Hall–Kier alpha value is -1.92. The van der Waals surface area contributed by atoms with Crippen LogP contribution in [0.1, 0.15) is 59.8 Å². The average Bonchev–Trinajstić information content (AvgIpc) is 3.19. The van der Waals surface area contributed by atoms with Crippen molar-refractivity contribution in [1.82, 2.24) is 5.32 Å². The molecule has 5 fully saturated rings. The zero-order chi connectivity index (χ0) is 24.8. The van der Waals surface area contributed by atoms with Gasteiger partial charge in [-0.05, 0) is 43.7 Å². The first kappa shape index (κ1) is 23.5. The lowest BCUT2D eigenvalue weighted by atomic mass is 9.42. The highest BCUT2D eigenvalue weighted by Crippen LogP contribution is 2.68. The minimum absolute atomic E-state index is 0.00927. The molecule has 6 nitrogen and oxygen atoms in total. The molecule has 1 aromatic rings. The molecule has 2 N–H and O–H groups in total. The summed E-state index contributed by atoms with van der Waals surface area (Å²) in [6, 6.07) is 9.61. The van der Waals surface area contributed by atoms with E-state index < -0.39 is 23.2 Å². The Morgan fingerprint density at radius 3 is 2.54 bits per heavy atom. The Morgan fingerprint density at radius 2 is 1.80 bits per heavy atom. The van der Waals surface area contributed by atoms with Gasteiger partial charge in [-0.2, -0.15) is 0 Å². The number of aliphatic hydroxyl groups excluding tert-OH is 1. The van der Waals surface area contributed by atoms with Crippen molar-refractivity contribution in [3.05, 3.63) is 30.3 Å². The van der Waals surface area contributed by atoms with Crippen LogP contribution in [0.5, 0.6) is 5.75 Å². The Balaban J connectivity index is 1.44. The van der Waals surface area contributed by atoms with Gasteiger partial charge in [-0.15, -0.1) is 0 Å². The highest BCUT2D eigenvalue weighted by molar-refractivity contribution is 5.90. The molecule has 3 saturated carbocycles. The van der Waals surface area contributed by atoms with Crippen molar-refractivity contribution in [2.75, 3.05) is 6.54 Å². The molecular formula is C29H39NO5. The van der Waals surface area contributed by atoms with Crippen molar-refractivity contribution < 1.29 is 24.2 Å². The van der Waals surface area contributed by atoms with E-state index in [4.69, 9.17) is 9.47 Å². The Kier molecular flexibility index (Phi) is 5.22. The molecule has 190 valence electrons. The SMILES string of the molecule is CC1CCC2C(C)(C)C(=O)C(Oc3ccccc3)CC23OC2C(CC13C)C(O)CC1C(=O)NCC12. The van der Waals surface area contributed by atoms with E-state index in [1.807, 2.05) is 30.3 Å². The van der Waals surface area contributed by atoms with Gasteiger partial charge in [-0.3, -0.25) is 9.59 Å². The summed E-state index contributed by atoms with van der Waals surface area (Å²) in [6.45, 7) is 9.41. The molecule has 0 bridgehead atoms. The van der Waals surface area contributed by atoms with Crippen LogP contribution in [0.15, 0.2) is 30.3 Å². The maximum absolute atomic E-state index is 13.8. The Morgan fingerprint density at radius 1 is 1.06 bits per heavy atom. The third-order valence-electron chi connectivity index (χ3n) is 11.0. The molecule has 2 aliphatic heterocycles. The summed E-state index contributed by atoms with van der Waals surface area (Å²) in [4.78, 5) is 26.4. The Bertz CT molecular complexity index is 1030. The summed E-state index contributed by atoms with van der Waals surface area (Å²) in [5, 5.41) is 14.2. The number of hydrogen-bond acceptors (Lipinski definition) is 5. The molecule has 2 saturated heterocycles. The number of Topliss-reactive ketones (excluding diaryl/α,β-unsaturated/α-hetero) is 1. The molecular weight excluding hydrogens is 442 g/mol. The van der Waals surface area contributed by atoms with E-state index in [-0.39, 0.29) is 46.9 Å². The number of rotatable bonds is 2. The summed E-state index contributed by atoms with van der Waals surface area (Å²) in [6.07, 6.45) is 2.57. The van der Waals surface area contributed by atoms with E-state index in [2.05, 4.69) is 33.0 Å². The van der Waals surface area contributed by atoms with Gasteiger partial charge in [-0.1, -0.05) is 45.9 Å². The normalized spacial score (nSPS) is 48.1. The summed E-state index contributed by atoms with van der Waals surface area (Å²) in [5.74, 6) is 1.25. The summed E-state index contributed by atoms with van der Waals surface area (Å²) in [5.41, 5.74) is -1.34. The van der Waals surface area contributed by atoms with Gasteiger partial charge in [0.15, 0.2) is 11.9 Å². The average molecular weight is 482 g/mol. The lowest BCUT2D eigenvalue weighted by Crippen LogP contribution is -2.74. The van der Waals surface area contributed by atoms with E-state index >= 15 is 0 Å². The lowest BCUT2D eigenvalue weighted by molar-refractivity contribution is -0.327. The predicted octanol–water partition coefficient (Wildman–Crippen LogP) is 3.76. The van der Waals surface area contributed by atoms with Gasteiger partial charge < -0.3 is 19.9 Å². The van der Waals surface area contributed by atoms with Crippen LogP contribution in [-0.2, 0) is 14.3 Å². The predicted molar refractivity (Wildman–Crippen MR) is 131 cm³/mol. The van der Waals surface area contributed by atoms with Crippen LogP contribution in [0, 0.1) is 40.4 Å². The van der Waals surface area contributed by atoms with Gasteiger partial charge in [0.05, 0.1) is 17.8 Å². The zero-order valence-corrected chi connectivity index (χ0v) is 21.3. The quantitative estimate of drug-likeness (QED) is 0.672. The molecule has 6 rings (SSSR count). The molecule has 10 unspecified atom stereocenters. The molecule has 1 amide bonds. The fourth-order valence-electron chi connectivity index (χ4n) is 8.90. The number of nitrogens with one attached hydrogen (secondary N) is 1. The third kappa shape index (κ3) is 3.14. The topological polar surface area (TPSA) is 84.9 Å². The zero-order valence-electron chi connectivity index (χ0n) is 21.3. The summed E-state index contributed by atoms with van der Waals surface area (Å²) < 4.78 is 13.8. The maximum Gasteiger partial charge on any atom is 0.223 e. The molecule has 3 aliphatic carbocycles. The van der Waals surface area contributed by atoms with Crippen LogP contribution in [-0.4, -0.2) is 47.3 Å². The first-order valence-corrected chi connectivity index (χ1v) is 13.5. The number of ketones is 1. The number of amides is 1. The van der Waals surface area contributed by atoms with Gasteiger partial charge in [0.2, 0.25) is 5.91 Å². The van der Waals surface area contributed by atoms with Crippen molar-refractivity contribution in [2.45, 2.75) is 83.7 Å². The fraction of sp³-hybridized carbons (Fsp3) is 0.724. The van der Waals surface area contributed by atoms with Crippen molar-refractivity contribution in [3.8, 4) is 5.75 Å². The maximum atomic E-state index is 13.8. The van der Waals surface area contributed by atoms with Crippen LogP contribution < -0.4 is 10.1 Å². The highest BCUT2D eigenvalue weighted by Gasteiger charge is 2.72. The second-order valence-electron chi connectivity index (χ2n) is 12.8. The summed E-state index contributed by atoms with van der Waals surface area (Å²) >= 11 is 0. The number of fused-ring (bicyclic) bond motifs is 3. The molecule has 2 heterocycles. The van der Waals surface area contributed by atoms with Crippen LogP contribution >= 0.6 is 0 Å². The number of hydrogen-bond donors (Lipinski definition) is 2. The second-order valence-corrected chi connectivity index (χ2v) is 12.8. The van der Waals surface area contributed by atoms with Crippen LogP contribution in [0.3, 0.4) is 0 Å². The van der Waals surface area contributed by atoms with Crippen LogP contribution in [0.25, 0.3) is 0 Å². The van der Waals surface area contributed by atoms with Crippen molar-refractivity contribution in [3.63, 3.8) is 0 Å². The van der Waals surface area contributed by atoms with E-state index in [1.165, 1.54) is 0 Å². The number of para-hydroxylation sites is 1. The number of benzene rings is 1. The fourth-order valence-corrected chi connectivity index (χ4v) is 8.90. The Labute approximate surface area is 208 Å². The van der Waals surface area contributed by atoms with Gasteiger partial charge in [-0.25, -0.2) is 0 Å². The minimum Gasteiger partial charge on any atom is -0.483 e. The third-order valence-corrected chi connectivity index (χ3v) is 11.0. The molecule has 0 aromatic heterocycles.